The number of guanidine groups is 1. The Bertz CT molecular complexity index is 870. The van der Waals surface area contributed by atoms with Crippen LogP contribution in [-0.2, 0) is 10.1 Å². The van der Waals surface area contributed by atoms with Crippen molar-refractivity contribution in [3.63, 3.8) is 0 Å². The number of halogens is 2. The van der Waals surface area contributed by atoms with Gasteiger partial charge in [0.1, 0.15) is 5.69 Å². The molecule has 3 heterocycles. The summed E-state index contributed by atoms with van der Waals surface area (Å²) in [5.41, 5.74) is 4.48. The lowest BCUT2D eigenvalue weighted by Crippen LogP contribution is -2.51. The molecule has 150 valence electrons. The minimum Gasteiger partial charge on any atom is -0.370 e. The topological polar surface area (TPSA) is 173 Å². The second-order valence-electron chi connectivity index (χ2n) is 6.37. The number of hydrogen-bond acceptors (Lipinski definition) is 8. The van der Waals surface area contributed by atoms with Crippen LogP contribution in [0, 0.1) is 0 Å². The molecule has 3 atom stereocenters. The lowest BCUT2D eigenvalue weighted by atomic mass is 10.1. The number of aromatic amines is 1. The summed E-state index contributed by atoms with van der Waals surface area (Å²) < 4.78 is 32.6. The average Bonchev–Trinajstić information content (AvgIpc) is 3.11. The number of rotatable bonds is 6. The van der Waals surface area contributed by atoms with Gasteiger partial charge in [0.05, 0.1) is 14.8 Å². The van der Waals surface area contributed by atoms with E-state index in [-0.39, 0.29) is 31.4 Å². The fourth-order valence-corrected chi connectivity index (χ4v) is 4.38. The van der Waals surface area contributed by atoms with Crippen molar-refractivity contribution in [2.75, 3.05) is 18.8 Å². The number of aliphatic imine (C=N–C) groups is 1. The number of carbonyl (C=O) groups is 1. The maximum absolute atomic E-state index is 12.3. The molecule has 0 spiro atoms. The molecule has 3 unspecified atom stereocenters. The van der Waals surface area contributed by atoms with E-state index in [1.54, 1.807) is 11.0 Å². The van der Waals surface area contributed by atoms with Gasteiger partial charge in [0, 0.05) is 25.6 Å². The molecule has 0 radical (unpaired) electrons. The van der Waals surface area contributed by atoms with Crippen LogP contribution >= 0.6 is 31.9 Å². The highest BCUT2D eigenvalue weighted by Crippen LogP contribution is 2.35. The van der Waals surface area contributed by atoms with Crippen LogP contribution in [0.2, 0.25) is 0 Å². The molecule has 2 aliphatic rings. The normalized spacial score (nSPS) is 27.9. The van der Waals surface area contributed by atoms with E-state index in [0.717, 1.165) is 0 Å². The number of hydrogen-bond donors (Lipinski definition) is 6. The summed E-state index contributed by atoms with van der Waals surface area (Å²) in [5.74, 6) is -0.852. The molecule has 3 rings (SSSR count). The molecule has 11 nitrogen and oxygen atoms in total. The predicted molar refractivity (Wildman–Crippen MR) is 104 cm³/mol. The van der Waals surface area contributed by atoms with Gasteiger partial charge < -0.3 is 26.5 Å². The number of nitrogens with one attached hydrogen (secondary N) is 3. The van der Waals surface area contributed by atoms with Crippen LogP contribution in [0.3, 0.4) is 0 Å². The van der Waals surface area contributed by atoms with E-state index in [1.165, 1.54) is 0 Å². The molecule has 2 aliphatic heterocycles. The quantitative estimate of drug-likeness (QED) is 0.259. The number of fused-ring (bicyclic) bond motifs is 1. The van der Waals surface area contributed by atoms with Gasteiger partial charge in [0.2, 0.25) is 0 Å². The van der Waals surface area contributed by atoms with Crippen molar-refractivity contribution in [3.05, 3.63) is 20.8 Å². The van der Waals surface area contributed by atoms with Gasteiger partial charge in [-0.15, -0.1) is 0 Å². The van der Waals surface area contributed by atoms with E-state index >= 15 is 0 Å². The van der Waals surface area contributed by atoms with E-state index < -0.39 is 33.8 Å². The zero-order chi connectivity index (χ0) is 20.0. The number of aliphatic hydroxyl groups is 1. The zero-order valence-electron chi connectivity index (χ0n) is 13.8. The Kier molecular flexibility index (Phi) is 5.58. The summed E-state index contributed by atoms with van der Waals surface area (Å²) in [6, 6.07) is 1.19. The SMILES string of the molecule is NC1=NC2N(CCS(=O)(=O)O)C(CNC(=O)c3cc(Br)c(Br)[nH]3)CC2(O)N1. The Hall–Kier alpha value is -1.19. The van der Waals surface area contributed by atoms with Gasteiger partial charge in [0.25, 0.3) is 16.0 Å². The smallest absolute Gasteiger partial charge is 0.267 e. The molecule has 1 saturated heterocycles. The first kappa shape index (κ1) is 20.5. The summed E-state index contributed by atoms with van der Waals surface area (Å²) in [6.45, 7) is 0.0545. The predicted octanol–water partition coefficient (Wildman–Crippen LogP) is -0.836. The van der Waals surface area contributed by atoms with Gasteiger partial charge in [0.15, 0.2) is 17.9 Å². The minimum atomic E-state index is -4.20. The average molecular weight is 530 g/mol. The Balaban J connectivity index is 1.71. The first-order valence-corrected chi connectivity index (χ1v) is 11.0. The van der Waals surface area contributed by atoms with Crippen molar-refractivity contribution in [1.82, 2.24) is 20.5 Å². The van der Waals surface area contributed by atoms with Gasteiger partial charge in [-0.3, -0.25) is 14.2 Å². The van der Waals surface area contributed by atoms with E-state index in [2.05, 4.69) is 52.5 Å². The second kappa shape index (κ2) is 7.33. The van der Waals surface area contributed by atoms with Gasteiger partial charge in [-0.05, 0) is 37.9 Å². The van der Waals surface area contributed by atoms with Crippen LogP contribution < -0.4 is 16.4 Å². The van der Waals surface area contributed by atoms with Crippen LogP contribution in [0.4, 0.5) is 0 Å². The molecule has 27 heavy (non-hydrogen) atoms. The minimum absolute atomic E-state index is 0.0444. The van der Waals surface area contributed by atoms with E-state index in [0.29, 0.717) is 14.8 Å². The van der Waals surface area contributed by atoms with Crippen molar-refractivity contribution in [3.8, 4) is 0 Å². The third-order valence-electron chi connectivity index (χ3n) is 4.44. The Morgan fingerprint density at radius 1 is 1.52 bits per heavy atom. The Morgan fingerprint density at radius 2 is 2.22 bits per heavy atom. The molecule has 7 N–H and O–H groups in total. The fourth-order valence-electron chi connectivity index (χ4n) is 3.29. The van der Waals surface area contributed by atoms with E-state index in [9.17, 15) is 18.3 Å². The number of amides is 1. The lowest BCUT2D eigenvalue weighted by molar-refractivity contribution is 0.00560. The Morgan fingerprint density at radius 3 is 2.81 bits per heavy atom. The van der Waals surface area contributed by atoms with E-state index in [1.807, 2.05) is 0 Å². The maximum Gasteiger partial charge on any atom is 0.267 e. The maximum atomic E-state index is 12.3. The van der Waals surface area contributed by atoms with Gasteiger partial charge >= 0.3 is 0 Å². The third kappa shape index (κ3) is 4.46. The zero-order valence-corrected chi connectivity index (χ0v) is 17.8. The number of nitrogens with two attached hydrogens (primary N) is 1. The fraction of sp³-hybridized carbons (Fsp3) is 0.538. The van der Waals surface area contributed by atoms with Gasteiger partial charge in [-0.2, -0.15) is 8.42 Å². The summed E-state index contributed by atoms with van der Waals surface area (Å²) in [7, 11) is -4.20. The Labute approximate surface area is 171 Å². The molecule has 1 fully saturated rings. The van der Waals surface area contributed by atoms with Crippen LogP contribution in [0.1, 0.15) is 16.9 Å². The first-order chi connectivity index (χ1) is 12.5. The summed E-state index contributed by atoms with van der Waals surface area (Å²) in [4.78, 5) is 20.9. The van der Waals surface area contributed by atoms with Crippen LogP contribution in [0.15, 0.2) is 20.1 Å². The monoisotopic (exact) mass is 528 g/mol. The van der Waals surface area contributed by atoms with Crippen molar-refractivity contribution in [1.29, 1.82) is 0 Å². The van der Waals surface area contributed by atoms with Gasteiger partial charge in [-0.1, -0.05) is 0 Å². The first-order valence-electron chi connectivity index (χ1n) is 7.85. The number of H-pyrrole nitrogens is 1. The van der Waals surface area contributed by atoms with Crippen molar-refractivity contribution < 1.29 is 22.9 Å². The number of nitrogens with zero attached hydrogens (tertiary/aromatic N) is 2. The van der Waals surface area contributed by atoms with E-state index in [4.69, 9.17) is 10.3 Å². The molecule has 1 aromatic heterocycles. The summed E-state index contributed by atoms with van der Waals surface area (Å²) >= 11 is 6.54. The van der Waals surface area contributed by atoms with Crippen molar-refractivity contribution in [2.24, 2.45) is 10.7 Å². The van der Waals surface area contributed by atoms with Crippen LogP contribution in [0.25, 0.3) is 0 Å². The van der Waals surface area contributed by atoms with Crippen LogP contribution in [-0.4, -0.2) is 76.6 Å². The molecule has 0 saturated carbocycles. The molecule has 1 aromatic rings. The molecular formula is C13H18Br2N6O5S. The highest BCUT2D eigenvalue weighted by atomic mass is 79.9. The highest BCUT2D eigenvalue weighted by molar-refractivity contribution is 9.13. The van der Waals surface area contributed by atoms with Crippen molar-refractivity contribution in [2.45, 2.75) is 24.4 Å². The third-order valence-corrected chi connectivity index (χ3v) is 6.92. The molecular weight excluding hydrogens is 512 g/mol. The number of carbonyl (C=O) groups excluding carboxylic acids is 1. The lowest BCUT2D eigenvalue weighted by Gasteiger charge is -2.27. The second-order valence-corrected chi connectivity index (χ2v) is 9.59. The molecule has 0 bridgehead atoms. The van der Waals surface area contributed by atoms with Crippen LogP contribution in [0.5, 0.6) is 0 Å². The summed E-state index contributed by atoms with van der Waals surface area (Å²) in [6.07, 6.45) is -0.652. The number of likely N-dealkylation sites (tertiary alicyclic amines) is 1. The molecule has 14 heteroatoms. The van der Waals surface area contributed by atoms with Gasteiger partial charge in [-0.25, -0.2) is 4.99 Å². The molecule has 1 amide bonds. The molecule has 0 aliphatic carbocycles. The molecule has 0 aromatic carbocycles. The summed E-state index contributed by atoms with van der Waals surface area (Å²) in [5, 5.41) is 16.1. The number of aromatic nitrogens is 1. The largest absolute Gasteiger partial charge is 0.370 e. The van der Waals surface area contributed by atoms with Crippen molar-refractivity contribution >= 4 is 53.8 Å². The highest BCUT2D eigenvalue weighted by Gasteiger charge is 2.55. The standard InChI is InChI=1S/C13H18Br2N6O5S/c14-7-3-8(18-9(7)15)10(22)17-5-6-4-13(23)11(19-12(16)20-13)21(6)1-2-27(24,25)26/h3,6,11,18,23H,1-2,4-5H2,(H,17,22)(H3,16,19,20)(H,24,25,26).